The molecule has 1 fully saturated rings. The van der Waals surface area contributed by atoms with Crippen LogP contribution in [-0.2, 0) is 4.74 Å². The molecule has 0 spiro atoms. The molecule has 0 unspecified atom stereocenters. The first-order valence-corrected chi connectivity index (χ1v) is 11.2. The summed E-state index contributed by atoms with van der Waals surface area (Å²) in [5.41, 5.74) is 2.87. The maximum Gasteiger partial charge on any atom is 0.411 e. The minimum Gasteiger partial charge on any atom is -0.453 e. The van der Waals surface area contributed by atoms with E-state index in [0.29, 0.717) is 35.9 Å². The van der Waals surface area contributed by atoms with Crippen LogP contribution in [0, 0.1) is 13.8 Å². The van der Waals surface area contributed by atoms with Gasteiger partial charge in [-0.1, -0.05) is 6.07 Å². The van der Waals surface area contributed by atoms with Crippen molar-refractivity contribution in [1.29, 1.82) is 0 Å². The molecule has 1 saturated carbocycles. The second-order valence-electron chi connectivity index (χ2n) is 8.36. The van der Waals surface area contributed by atoms with Crippen molar-refractivity contribution >= 4 is 40.8 Å². The van der Waals surface area contributed by atoms with Crippen molar-refractivity contribution in [2.45, 2.75) is 45.3 Å². The fraction of sp³-hybridized carbons (Fsp3) is 0.348. The van der Waals surface area contributed by atoms with Crippen LogP contribution in [0.15, 0.2) is 30.5 Å². The topological polar surface area (TPSA) is 166 Å². The predicted octanol–water partition coefficient (Wildman–Crippen LogP) is 3.13. The number of aliphatic hydroxyl groups excluding tert-OH is 1. The van der Waals surface area contributed by atoms with Crippen LogP contribution in [0.2, 0.25) is 0 Å². The molecule has 0 saturated heterocycles. The van der Waals surface area contributed by atoms with E-state index in [4.69, 9.17) is 0 Å². The average Bonchev–Trinajstić information content (AvgIpc) is 3.43. The van der Waals surface area contributed by atoms with Crippen LogP contribution in [0.3, 0.4) is 0 Å². The third kappa shape index (κ3) is 5.84. The molecule has 1 aliphatic carbocycles. The Bertz CT molecular complexity index is 1230. The lowest BCUT2D eigenvalue weighted by Gasteiger charge is -2.18. The van der Waals surface area contributed by atoms with Gasteiger partial charge < -0.3 is 25.8 Å². The quantitative estimate of drug-likeness (QED) is 0.298. The van der Waals surface area contributed by atoms with Crippen molar-refractivity contribution in [3.05, 3.63) is 47.4 Å². The van der Waals surface area contributed by atoms with Crippen LogP contribution in [0.5, 0.6) is 0 Å². The summed E-state index contributed by atoms with van der Waals surface area (Å²) >= 11 is 0. The summed E-state index contributed by atoms with van der Waals surface area (Å²) in [6, 6.07) is 6.77. The summed E-state index contributed by atoms with van der Waals surface area (Å²) in [6.07, 6.45) is 2.44. The maximum atomic E-state index is 13.1. The van der Waals surface area contributed by atoms with Gasteiger partial charge in [0.1, 0.15) is 0 Å². The number of amides is 2. The normalized spacial score (nSPS) is 17.0. The Kier molecular flexibility index (Phi) is 7.11. The molecule has 2 aromatic heterocycles. The second-order valence-corrected chi connectivity index (χ2v) is 8.36. The molecule has 1 aromatic carbocycles. The third-order valence-corrected chi connectivity index (χ3v) is 5.67. The molecule has 0 radical (unpaired) electrons. The standard InChI is InChI=1S/C23H28N8O4/c1-12-7-8-14(10-16(12)27-23(34)35-3)25-21-20(22(33)26-15-5-4-6-17(15)32)24-11-19(29-21)28-18-9-13(2)30-31-18/h7-11,15,17,32H,4-6H2,1-3H3,(H,26,33)(H,27,34)(H3,25,28,29,30,31)/t15-,17-/m0/s1. The van der Waals surface area contributed by atoms with E-state index in [-0.39, 0.29) is 17.6 Å². The Labute approximate surface area is 201 Å². The van der Waals surface area contributed by atoms with E-state index in [1.165, 1.54) is 13.3 Å². The SMILES string of the molecule is COC(=O)Nc1cc(Nc2nc(Nc3cc(C)[nH]n3)cnc2C(=O)N[C@H]2CCC[C@@H]2O)ccc1C. The Hall–Kier alpha value is -4.19. The molecular weight excluding hydrogens is 452 g/mol. The highest BCUT2D eigenvalue weighted by Gasteiger charge is 2.28. The van der Waals surface area contributed by atoms with Crippen LogP contribution >= 0.6 is 0 Å². The van der Waals surface area contributed by atoms with Crippen LogP contribution in [0.4, 0.5) is 33.6 Å². The number of nitrogens with zero attached hydrogens (tertiary/aromatic N) is 3. The van der Waals surface area contributed by atoms with Gasteiger partial charge in [-0.2, -0.15) is 5.10 Å². The number of benzene rings is 1. The minimum absolute atomic E-state index is 0.0657. The molecule has 6 N–H and O–H groups in total. The van der Waals surface area contributed by atoms with E-state index in [1.807, 2.05) is 26.0 Å². The fourth-order valence-electron chi connectivity index (χ4n) is 3.79. The van der Waals surface area contributed by atoms with Gasteiger partial charge in [0.2, 0.25) is 0 Å². The van der Waals surface area contributed by atoms with Crippen LogP contribution in [-0.4, -0.2) is 56.5 Å². The highest BCUT2D eigenvalue weighted by Crippen LogP contribution is 2.26. The Morgan fingerprint density at radius 3 is 2.66 bits per heavy atom. The number of anilines is 5. The number of carbonyl (C=O) groups is 2. The first-order chi connectivity index (χ1) is 16.8. The van der Waals surface area contributed by atoms with Gasteiger partial charge in [-0.25, -0.2) is 14.8 Å². The second kappa shape index (κ2) is 10.4. The summed E-state index contributed by atoms with van der Waals surface area (Å²) in [6.45, 7) is 3.72. The molecule has 1 aliphatic rings. The average molecular weight is 481 g/mol. The number of aromatic amines is 1. The van der Waals surface area contributed by atoms with E-state index in [0.717, 1.165) is 17.7 Å². The molecule has 0 bridgehead atoms. The van der Waals surface area contributed by atoms with Crippen molar-refractivity contribution in [1.82, 2.24) is 25.5 Å². The molecule has 2 heterocycles. The zero-order chi connectivity index (χ0) is 24.9. The van der Waals surface area contributed by atoms with E-state index >= 15 is 0 Å². The van der Waals surface area contributed by atoms with Gasteiger partial charge in [0, 0.05) is 23.1 Å². The van der Waals surface area contributed by atoms with Crippen molar-refractivity contribution < 1.29 is 19.4 Å². The zero-order valence-electron chi connectivity index (χ0n) is 19.7. The smallest absolute Gasteiger partial charge is 0.411 e. The highest BCUT2D eigenvalue weighted by molar-refractivity contribution is 5.98. The first-order valence-electron chi connectivity index (χ1n) is 11.2. The number of methoxy groups -OCH3 is 1. The third-order valence-electron chi connectivity index (χ3n) is 5.67. The number of aliphatic hydroxyl groups is 1. The number of aromatic nitrogens is 4. The highest BCUT2D eigenvalue weighted by atomic mass is 16.5. The monoisotopic (exact) mass is 480 g/mol. The number of rotatable bonds is 7. The van der Waals surface area contributed by atoms with Gasteiger partial charge in [0.05, 0.1) is 25.5 Å². The first kappa shape index (κ1) is 24.0. The van der Waals surface area contributed by atoms with Gasteiger partial charge in [-0.15, -0.1) is 0 Å². The number of H-pyrrole nitrogens is 1. The number of carbonyl (C=O) groups excluding carboxylic acids is 2. The lowest BCUT2D eigenvalue weighted by atomic mass is 10.1. The maximum absolute atomic E-state index is 13.1. The van der Waals surface area contributed by atoms with Crippen molar-refractivity contribution in [2.24, 2.45) is 0 Å². The van der Waals surface area contributed by atoms with Crippen molar-refractivity contribution in [2.75, 3.05) is 23.1 Å². The molecule has 35 heavy (non-hydrogen) atoms. The molecule has 184 valence electrons. The summed E-state index contributed by atoms with van der Waals surface area (Å²) in [5.74, 6) is 0.665. The van der Waals surface area contributed by atoms with Gasteiger partial charge in [-0.05, 0) is 50.8 Å². The van der Waals surface area contributed by atoms with Crippen molar-refractivity contribution in [3.8, 4) is 0 Å². The zero-order valence-corrected chi connectivity index (χ0v) is 19.7. The van der Waals surface area contributed by atoms with Crippen molar-refractivity contribution in [3.63, 3.8) is 0 Å². The summed E-state index contributed by atoms with van der Waals surface area (Å²) in [7, 11) is 1.29. The van der Waals surface area contributed by atoms with Gasteiger partial charge >= 0.3 is 6.09 Å². The lowest BCUT2D eigenvalue weighted by Crippen LogP contribution is -2.40. The summed E-state index contributed by atoms with van der Waals surface area (Å²) in [5, 5.41) is 28.8. The van der Waals surface area contributed by atoms with E-state index in [9.17, 15) is 14.7 Å². The summed E-state index contributed by atoms with van der Waals surface area (Å²) in [4.78, 5) is 33.6. The van der Waals surface area contributed by atoms with E-state index in [2.05, 4.69) is 46.2 Å². The molecule has 12 nitrogen and oxygen atoms in total. The predicted molar refractivity (Wildman–Crippen MR) is 130 cm³/mol. The van der Waals surface area contributed by atoms with Gasteiger partial charge in [-0.3, -0.25) is 15.2 Å². The molecule has 3 aromatic rings. The Morgan fingerprint density at radius 2 is 1.97 bits per heavy atom. The summed E-state index contributed by atoms with van der Waals surface area (Å²) < 4.78 is 4.68. The number of ether oxygens (including phenoxy) is 1. The molecule has 2 atom stereocenters. The Morgan fingerprint density at radius 1 is 1.14 bits per heavy atom. The van der Waals surface area contributed by atoms with Crippen LogP contribution in [0.25, 0.3) is 0 Å². The fourth-order valence-corrected chi connectivity index (χ4v) is 3.79. The van der Waals surface area contributed by atoms with Crippen LogP contribution < -0.4 is 21.3 Å². The van der Waals surface area contributed by atoms with E-state index in [1.54, 1.807) is 12.1 Å². The number of nitrogens with one attached hydrogen (secondary N) is 5. The van der Waals surface area contributed by atoms with Crippen LogP contribution in [0.1, 0.15) is 41.0 Å². The lowest BCUT2D eigenvalue weighted by molar-refractivity contribution is 0.0869. The molecule has 4 rings (SSSR count). The number of aryl methyl sites for hydroxylation is 2. The molecule has 2 amide bonds. The van der Waals surface area contributed by atoms with Gasteiger partial charge in [0.15, 0.2) is 23.1 Å². The largest absolute Gasteiger partial charge is 0.453 e. The molecule has 12 heteroatoms. The number of hydrogen-bond donors (Lipinski definition) is 6. The molecular formula is C23H28N8O4. The number of hydrogen-bond acceptors (Lipinski definition) is 9. The van der Waals surface area contributed by atoms with E-state index < -0.39 is 18.1 Å². The molecule has 0 aliphatic heterocycles. The van der Waals surface area contributed by atoms with Gasteiger partial charge in [0.25, 0.3) is 5.91 Å². The Balaban J connectivity index is 1.63. The minimum atomic E-state index is -0.597.